The monoisotopic (exact) mass is 287 g/mol. The first kappa shape index (κ1) is 14.6. The Morgan fingerprint density at radius 2 is 1.90 bits per heavy atom. The Balaban J connectivity index is 1.76. The third-order valence-electron chi connectivity index (χ3n) is 2.79. The van der Waals surface area contributed by atoms with Gasteiger partial charge in [-0.2, -0.15) is 0 Å². The van der Waals surface area contributed by atoms with Crippen molar-refractivity contribution in [2.75, 3.05) is 5.32 Å². The fourth-order valence-electron chi connectivity index (χ4n) is 1.69. The number of urea groups is 1. The quantitative estimate of drug-likeness (QED) is 0.787. The van der Waals surface area contributed by atoms with Crippen LogP contribution in [0.1, 0.15) is 12.7 Å². The van der Waals surface area contributed by atoms with Gasteiger partial charge < -0.3 is 20.4 Å². The molecule has 0 saturated carbocycles. The maximum atomic E-state index is 11.8. The normalized spacial score (nSPS) is 11.5. The summed E-state index contributed by atoms with van der Waals surface area (Å²) in [6.07, 6.45) is 1.54. The molecule has 0 bridgehead atoms. The first-order valence-electron chi connectivity index (χ1n) is 6.58. The zero-order valence-corrected chi connectivity index (χ0v) is 11.6. The SMILES string of the molecule is C[C@H](NC(=O)Nc1ccccc1)C(=O)NCc1ccco1. The third-order valence-corrected chi connectivity index (χ3v) is 2.79. The van der Waals surface area contributed by atoms with Crippen LogP contribution in [0.5, 0.6) is 0 Å². The van der Waals surface area contributed by atoms with Crippen molar-refractivity contribution in [3.05, 3.63) is 54.5 Å². The molecule has 0 unspecified atom stereocenters. The van der Waals surface area contributed by atoms with Crippen molar-refractivity contribution in [3.8, 4) is 0 Å². The molecule has 6 nitrogen and oxygen atoms in total. The molecule has 0 saturated heterocycles. The zero-order valence-electron chi connectivity index (χ0n) is 11.6. The van der Waals surface area contributed by atoms with Gasteiger partial charge in [0, 0.05) is 5.69 Å². The maximum Gasteiger partial charge on any atom is 0.319 e. The van der Waals surface area contributed by atoms with E-state index in [0.717, 1.165) is 0 Å². The Bertz CT molecular complexity index is 581. The average molecular weight is 287 g/mol. The number of benzene rings is 1. The van der Waals surface area contributed by atoms with Gasteiger partial charge in [0.05, 0.1) is 12.8 Å². The van der Waals surface area contributed by atoms with Crippen LogP contribution in [0.4, 0.5) is 10.5 Å². The number of para-hydroxylation sites is 1. The van der Waals surface area contributed by atoms with Crippen LogP contribution in [-0.4, -0.2) is 18.0 Å². The fourth-order valence-corrected chi connectivity index (χ4v) is 1.69. The Morgan fingerprint density at radius 1 is 1.14 bits per heavy atom. The molecule has 0 radical (unpaired) electrons. The first-order chi connectivity index (χ1) is 10.1. The van der Waals surface area contributed by atoms with Crippen molar-refractivity contribution in [1.29, 1.82) is 0 Å². The van der Waals surface area contributed by atoms with Crippen LogP contribution in [0.25, 0.3) is 0 Å². The summed E-state index contributed by atoms with van der Waals surface area (Å²) in [5.74, 6) is 0.374. The molecule has 0 fully saturated rings. The molecular formula is C15H17N3O3. The number of furan rings is 1. The van der Waals surface area contributed by atoms with E-state index in [1.54, 1.807) is 31.2 Å². The summed E-state index contributed by atoms with van der Waals surface area (Å²) in [5.41, 5.74) is 0.665. The van der Waals surface area contributed by atoms with Crippen molar-refractivity contribution in [2.24, 2.45) is 0 Å². The number of carbonyl (C=O) groups is 2. The van der Waals surface area contributed by atoms with Gasteiger partial charge in [-0.05, 0) is 31.2 Å². The van der Waals surface area contributed by atoms with E-state index in [1.807, 2.05) is 18.2 Å². The van der Waals surface area contributed by atoms with Crippen molar-refractivity contribution >= 4 is 17.6 Å². The number of carbonyl (C=O) groups excluding carboxylic acids is 2. The van der Waals surface area contributed by atoms with Crippen molar-refractivity contribution in [3.63, 3.8) is 0 Å². The summed E-state index contributed by atoms with van der Waals surface area (Å²) < 4.78 is 5.11. The summed E-state index contributed by atoms with van der Waals surface area (Å²) in [4.78, 5) is 23.6. The van der Waals surface area contributed by atoms with Gasteiger partial charge in [-0.1, -0.05) is 18.2 Å². The molecule has 1 aromatic carbocycles. The topological polar surface area (TPSA) is 83.4 Å². The molecular weight excluding hydrogens is 270 g/mol. The number of amides is 3. The van der Waals surface area contributed by atoms with Gasteiger partial charge in [-0.15, -0.1) is 0 Å². The second-order valence-corrected chi connectivity index (χ2v) is 4.48. The molecule has 2 rings (SSSR count). The lowest BCUT2D eigenvalue weighted by Gasteiger charge is -2.14. The molecule has 2 aromatic rings. The fraction of sp³-hybridized carbons (Fsp3) is 0.200. The van der Waals surface area contributed by atoms with Crippen LogP contribution < -0.4 is 16.0 Å². The highest BCUT2D eigenvalue weighted by molar-refractivity contribution is 5.93. The molecule has 6 heteroatoms. The molecule has 0 aliphatic carbocycles. The zero-order chi connectivity index (χ0) is 15.1. The van der Waals surface area contributed by atoms with Gasteiger partial charge in [0.2, 0.25) is 5.91 Å². The molecule has 0 aliphatic rings. The summed E-state index contributed by atoms with van der Waals surface area (Å²) >= 11 is 0. The molecule has 1 aromatic heterocycles. The summed E-state index contributed by atoms with van der Waals surface area (Å²) in [6.45, 7) is 1.90. The Hall–Kier alpha value is -2.76. The maximum absolute atomic E-state index is 11.8. The minimum absolute atomic E-state index is 0.283. The van der Waals surface area contributed by atoms with Gasteiger partial charge in [0.15, 0.2) is 0 Å². The van der Waals surface area contributed by atoms with E-state index < -0.39 is 12.1 Å². The second kappa shape index (κ2) is 7.14. The summed E-state index contributed by atoms with van der Waals surface area (Å²) in [6, 6.07) is 11.4. The molecule has 0 aliphatic heterocycles. The van der Waals surface area contributed by atoms with Gasteiger partial charge in [-0.3, -0.25) is 4.79 Å². The second-order valence-electron chi connectivity index (χ2n) is 4.48. The highest BCUT2D eigenvalue weighted by Crippen LogP contribution is 2.04. The lowest BCUT2D eigenvalue weighted by Crippen LogP contribution is -2.46. The van der Waals surface area contributed by atoms with Crippen molar-refractivity contribution in [2.45, 2.75) is 19.5 Å². The molecule has 0 spiro atoms. The lowest BCUT2D eigenvalue weighted by molar-refractivity contribution is -0.122. The number of rotatable bonds is 5. The molecule has 110 valence electrons. The van der Waals surface area contributed by atoms with Crippen LogP contribution >= 0.6 is 0 Å². The lowest BCUT2D eigenvalue weighted by atomic mass is 10.3. The molecule has 1 heterocycles. The Kier molecular flexibility index (Phi) is 4.98. The number of nitrogens with one attached hydrogen (secondary N) is 3. The predicted octanol–water partition coefficient (Wildman–Crippen LogP) is 2.11. The largest absolute Gasteiger partial charge is 0.467 e. The highest BCUT2D eigenvalue weighted by Gasteiger charge is 2.15. The van der Waals surface area contributed by atoms with E-state index in [1.165, 1.54) is 6.26 Å². The van der Waals surface area contributed by atoms with Crippen molar-refractivity contribution in [1.82, 2.24) is 10.6 Å². The van der Waals surface area contributed by atoms with Crippen LogP contribution in [0.2, 0.25) is 0 Å². The standard InChI is InChI=1S/C15H17N3O3/c1-11(14(19)16-10-13-8-5-9-21-13)17-15(20)18-12-6-3-2-4-7-12/h2-9,11H,10H2,1H3,(H,16,19)(H2,17,18,20)/t11-/m0/s1. The van der Waals surface area contributed by atoms with Gasteiger partial charge in [-0.25, -0.2) is 4.79 Å². The van der Waals surface area contributed by atoms with E-state index >= 15 is 0 Å². The van der Waals surface area contributed by atoms with Crippen LogP contribution in [-0.2, 0) is 11.3 Å². The van der Waals surface area contributed by atoms with Crippen LogP contribution in [0, 0.1) is 0 Å². The smallest absolute Gasteiger partial charge is 0.319 e. The van der Waals surface area contributed by atoms with Gasteiger partial charge >= 0.3 is 6.03 Å². The first-order valence-corrected chi connectivity index (χ1v) is 6.58. The molecule has 1 atom stereocenters. The summed E-state index contributed by atoms with van der Waals surface area (Å²) in [5, 5.41) is 7.89. The number of anilines is 1. The Labute approximate surface area is 122 Å². The van der Waals surface area contributed by atoms with Gasteiger partial charge in [0.25, 0.3) is 0 Å². The minimum atomic E-state index is -0.649. The van der Waals surface area contributed by atoms with E-state index in [2.05, 4.69) is 16.0 Å². The minimum Gasteiger partial charge on any atom is -0.467 e. The van der Waals surface area contributed by atoms with Crippen LogP contribution in [0.15, 0.2) is 53.1 Å². The highest BCUT2D eigenvalue weighted by atomic mass is 16.3. The third kappa shape index (κ3) is 4.68. The number of hydrogen-bond acceptors (Lipinski definition) is 3. The molecule has 21 heavy (non-hydrogen) atoms. The van der Waals surface area contributed by atoms with E-state index in [9.17, 15) is 9.59 Å². The molecule has 3 N–H and O–H groups in total. The molecule has 3 amide bonds. The Morgan fingerprint density at radius 3 is 2.57 bits per heavy atom. The number of hydrogen-bond donors (Lipinski definition) is 3. The average Bonchev–Trinajstić information content (AvgIpc) is 2.98. The summed E-state index contributed by atoms with van der Waals surface area (Å²) in [7, 11) is 0. The predicted molar refractivity (Wildman–Crippen MR) is 78.6 cm³/mol. The van der Waals surface area contributed by atoms with E-state index in [-0.39, 0.29) is 12.5 Å². The van der Waals surface area contributed by atoms with E-state index in [0.29, 0.717) is 11.4 Å². The van der Waals surface area contributed by atoms with Gasteiger partial charge in [0.1, 0.15) is 11.8 Å². The van der Waals surface area contributed by atoms with E-state index in [4.69, 9.17) is 4.42 Å². The van der Waals surface area contributed by atoms with Crippen LogP contribution in [0.3, 0.4) is 0 Å². The van der Waals surface area contributed by atoms with Crippen molar-refractivity contribution < 1.29 is 14.0 Å².